The van der Waals surface area contributed by atoms with E-state index in [1.165, 1.54) is 0 Å². The fraction of sp³-hybridized carbons (Fsp3) is 0.391. The molecule has 2 rings (SSSR count). The number of amides is 2. The molecular formula is C23H29ClN2O3. The summed E-state index contributed by atoms with van der Waals surface area (Å²) < 4.78 is 5.61. The van der Waals surface area contributed by atoms with Crippen molar-refractivity contribution in [3.63, 3.8) is 0 Å². The van der Waals surface area contributed by atoms with Gasteiger partial charge in [-0.2, -0.15) is 0 Å². The quantitative estimate of drug-likeness (QED) is 0.660. The van der Waals surface area contributed by atoms with Gasteiger partial charge in [0.15, 0.2) is 6.61 Å². The lowest BCUT2D eigenvalue weighted by atomic mass is 10.1. The first kappa shape index (κ1) is 22.8. The second-order valence-electron chi connectivity index (χ2n) is 7.24. The Balaban J connectivity index is 2.13. The minimum atomic E-state index is -0.619. The van der Waals surface area contributed by atoms with Crippen molar-refractivity contribution in [2.24, 2.45) is 0 Å². The van der Waals surface area contributed by atoms with Crippen LogP contribution < -0.4 is 10.1 Å². The molecule has 0 heterocycles. The van der Waals surface area contributed by atoms with Gasteiger partial charge in [0.05, 0.1) is 0 Å². The van der Waals surface area contributed by atoms with Gasteiger partial charge in [-0.1, -0.05) is 48.4 Å². The number of benzene rings is 2. The number of nitrogens with zero attached hydrogens (tertiary/aromatic N) is 1. The highest BCUT2D eigenvalue weighted by atomic mass is 35.5. The summed E-state index contributed by atoms with van der Waals surface area (Å²) in [4.78, 5) is 27.2. The summed E-state index contributed by atoms with van der Waals surface area (Å²) in [5.74, 6) is 0.119. The fourth-order valence-corrected chi connectivity index (χ4v) is 2.82. The Kier molecular flexibility index (Phi) is 8.52. The molecule has 5 nitrogen and oxygen atoms in total. The summed E-state index contributed by atoms with van der Waals surface area (Å²) in [6.07, 6.45) is 0.823. The summed E-state index contributed by atoms with van der Waals surface area (Å²) in [5.41, 5.74) is 2.10. The Morgan fingerprint density at radius 3 is 2.28 bits per heavy atom. The van der Waals surface area contributed by atoms with E-state index in [1.54, 1.807) is 36.1 Å². The number of nitrogens with one attached hydrogen (secondary N) is 1. The Labute approximate surface area is 178 Å². The van der Waals surface area contributed by atoms with E-state index in [0.29, 0.717) is 17.3 Å². The van der Waals surface area contributed by atoms with Gasteiger partial charge >= 0.3 is 0 Å². The van der Waals surface area contributed by atoms with Gasteiger partial charge < -0.3 is 15.0 Å². The van der Waals surface area contributed by atoms with Crippen LogP contribution in [-0.4, -0.2) is 35.4 Å². The molecule has 2 atom stereocenters. The zero-order valence-corrected chi connectivity index (χ0v) is 18.2. The molecule has 6 heteroatoms. The first-order chi connectivity index (χ1) is 13.8. The molecular weight excluding hydrogens is 388 g/mol. The summed E-state index contributed by atoms with van der Waals surface area (Å²) >= 11 is 5.88. The zero-order chi connectivity index (χ0) is 21.4. The van der Waals surface area contributed by atoms with Gasteiger partial charge in [0, 0.05) is 17.6 Å². The molecule has 2 aromatic rings. The van der Waals surface area contributed by atoms with Crippen LogP contribution in [0.2, 0.25) is 5.02 Å². The average molecular weight is 417 g/mol. The second kappa shape index (κ2) is 10.9. The molecule has 1 N–H and O–H groups in total. The maximum Gasteiger partial charge on any atom is 0.261 e. The standard InChI is InChI=1S/C23H29ClN2O3/c1-5-17(3)25-23(28)18(4)26(14-19-8-6-16(2)7-9-19)22(27)15-29-21-12-10-20(24)11-13-21/h6-13,17-18H,5,14-15H2,1-4H3,(H,25,28). The lowest BCUT2D eigenvalue weighted by molar-refractivity contribution is -0.142. The number of ether oxygens (including phenoxy) is 1. The van der Waals surface area contributed by atoms with Gasteiger partial charge in [0.2, 0.25) is 5.91 Å². The molecule has 2 aromatic carbocycles. The van der Waals surface area contributed by atoms with Crippen LogP contribution in [0.25, 0.3) is 0 Å². The third-order valence-electron chi connectivity index (χ3n) is 4.82. The van der Waals surface area contributed by atoms with E-state index in [0.717, 1.165) is 17.5 Å². The van der Waals surface area contributed by atoms with E-state index in [4.69, 9.17) is 16.3 Å². The molecule has 29 heavy (non-hydrogen) atoms. The molecule has 0 bridgehead atoms. The third-order valence-corrected chi connectivity index (χ3v) is 5.07. The number of carbonyl (C=O) groups excluding carboxylic acids is 2. The Morgan fingerprint density at radius 2 is 1.69 bits per heavy atom. The molecule has 156 valence electrons. The number of halogens is 1. The molecule has 0 saturated carbocycles. The Hall–Kier alpha value is -2.53. The molecule has 0 fully saturated rings. The number of aryl methyl sites for hydroxylation is 1. The van der Waals surface area contributed by atoms with Gasteiger partial charge in [0.25, 0.3) is 5.91 Å². The minimum absolute atomic E-state index is 0.0478. The summed E-state index contributed by atoms with van der Waals surface area (Å²) in [5, 5.41) is 3.55. The van der Waals surface area contributed by atoms with Gasteiger partial charge in [-0.25, -0.2) is 0 Å². The van der Waals surface area contributed by atoms with E-state index in [-0.39, 0.29) is 24.5 Å². The third kappa shape index (κ3) is 7.09. The highest BCUT2D eigenvalue weighted by Crippen LogP contribution is 2.16. The fourth-order valence-electron chi connectivity index (χ4n) is 2.70. The summed E-state index contributed by atoms with van der Waals surface area (Å²) in [6, 6.07) is 14.2. The molecule has 2 unspecified atom stereocenters. The van der Waals surface area contributed by atoms with Crippen molar-refractivity contribution >= 4 is 23.4 Å². The zero-order valence-electron chi connectivity index (χ0n) is 17.4. The predicted octanol–water partition coefficient (Wildman–Crippen LogP) is 4.36. The largest absolute Gasteiger partial charge is 0.484 e. The molecule has 0 aliphatic carbocycles. The van der Waals surface area contributed by atoms with E-state index in [2.05, 4.69) is 5.32 Å². The molecule has 0 aliphatic rings. The van der Waals surface area contributed by atoms with Crippen molar-refractivity contribution in [2.75, 3.05) is 6.61 Å². The number of hydrogen-bond donors (Lipinski definition) is 1. The van der Waals surface area contributed by atoms with Crippen LogP contribution in [0, 0.1) is 6.92 Å². The van der Waals surface area contributed by atoms with Crippen LogP contribution in [0.4, 0.5) is 0 Å². The molecule has 2 amide bonds. The van der Waals surface area contributed by atoms with Crippen LogP contribution in [-0.2, 0) is 16.1 Å². The molecule has 0 aliphatic heterocycles. The Morgan fingerprint density at radius 1 is 1.07 bits per heavy atom. The molecule has 0 radical (unpaired) electrons. The molecule has 0 spiro atoms. The number of rotatable bonds is 9. The van der Waals surface area contributed by atoms with Gasteiger partial charge in [0.1, 0.15) is 11.8 Å². The van der Waals surface area contributed by atoms with Crippen LogP contribution in [0.3, 0.4) is 0 Å². The topological polar surface area (TPSA) is 58.6 Å². The highest BCUT2D eigenvalue weighted by molar-refractivity contribution is 6.30. The van der Waals surface area contributed by atoms with Gasteiger partial charge in [-0.3, -0.25) is 9.59 Å². The van der Waals surface area contributed by atoms with Crippen molar-refractivity contribution in [3.8, 4) is 5.75 Å². The second-order valence-corrected chi connectivity index (χ2v) is 7.68. The Bertz CT molecular complexity index is 806. The summed E-state index contributed by atoms with van der Waals surface area (Å²) in [6.45, 7) is 7.87. The van der Waals surface area contributed by atoms with Crippen LogP contribution >= 0.6 is 11.6 Å². The van der Waals surface area contributed by atoms with E-state index in [1.807, 2.05) is 45.0 Å². The van der Waals surface area contributed by atoms with E-state index < -0.39 is 6.04 Å². The van der Waals surface area contributed by atoms with Crippen LogP contribution in [0.1, 0.15) is 38.3 Å². The average Bonchev–Trinajstić information content (AvgIpc) is 2.72. The maximum atomic E-state index is 13.0. The smallest absolute Gasteiger partial charge is 0.261 e. The minimum Gasteiger partial charge on any atom is -0.484 e. The maximum absolute atomic E-state index is 13.0. The van der Waals surface area contributed by atoms with Crippen molar-refractivity contribution in [3.05, 3.63) is 64.7 Å². The number of carbonyl (C=O) groups is 2. The molecule has 0 aromatic heterocycles. The SMILES string of the molecule is CCC(C)NC(=O)C(C)N(Cc1ccc(C)cc1)C(=O)COc1ccc(Cl)cc1. The van der Waals surface area contributed by atoms with Gasteiger partial charge in [-0.05, 0) is 57.0 Å². The lowest BCUT2D eigenvalue weighted by Gasteiger charge is -2.29. The first-order valence-corrected chi connectivity index (χ1v) is 10.2. The van der Waals surface area contributed by atoms with Crippen molar-refractivity contribution in [1.29, 1.82) is 0 Å². The highest BCUT2D eigenvalue weighted by Gasteiger charge is 2.27. The monoisotopic (exact) mass is 416 g/mol. The number of hydrogen-bond acceptors (Lipinski definition) is 3. The van der Waals surface area contributed by atoms with Crippen molar-refractivity contribution in [1.82, 2.24) is 10.2 Å². The van der Waals surface area contributed by atoms with Crippen LogP contribution in [0.5, 0.6) is 5.75 Å². The van der Waals surface area contributed by atoms with Crippen molar-refractivity contribution < 1.29 is 14.3 Å². The van der Waals surface area contributed by atoms with E-state index in [9.17, 15) is 9.59 Å². The van der Waals surface area contributed by atoms with E-state index >= 15 is 0 Å². The lowest BCUT2D eigenvalue weighted by Crippen LogP contribution is -2.50. The molecule has 0 saturated heterocycles. The predicted molar refractivity (Wildman–Crippen MR) is 116 cm³/mol. The van der Waals surface area contributed by atoms with Crippen LogP contribution in [0.15, 0.2) is 48.5 Å². The van der Waals surface area contributed by atoms with Gasteiger partial charge in [-0.15, -0.1) is 0 Å². The normalized spacial score (nSPS) is 12.7. The first-order valence-electron chi connectivity index (χ1n) is 9.84. The van der Waals surface area contributed by atoms with Crippen molar-refractivity contribution in [2.45, 2.75) is 52.7 Å². The summed E-state index contributed by atoms with van der Waals surface area (Å²) in [7, 11) is 0.